The Labute approximate surface area is 619 Å². The van der Waals surface area contributed by atoms with Gasteiger partial charge in [0.15, 0.2) is 0 Å². The number of hydrogen-bond acceptors (Lipinski definition) is 6. The molecule has 6 nitrogen and oxygen atoms in total. The maximum atomic E-state index is 15.9. The molecule has 0 spiro atoms. The number of benzene rings is 14. The molecule has 4 aliphatic rings. The number of fused-ring (bicyclic) bond motifs is 6. The molecule has 0 saturated carbocycles. The second-order valence-electron chi connectivity index (χ2n) is 29.0. The van der Waals surface area contributed by atoms with Crippen molar-refractivity contribution in [3.8, 4) is 67.1 Å². The average Bonchev–Trinajstić information content (AvgIpc) is 1.53. The SMILES string of the molecule is CCC1(COc2ccc(C3(c4ccccc4)c4cc(-c5ccccc5)ccc4-c4ccc(N(c5ccc(-c6ccc(N(c7cccc(F)c7)c7ccc8c(c7)C(c7ccccc7)(c7ccc(OCC9(CC)COC9)cc7)c7cc(-c9ccccc9)ccc7-8)cc6)cc5)c5cccc(F)c5)cc43)cc2)COC1. The summed E-state index contributed by atoms with van der Waals surface area (Å²) in [6, 6.07) is 118. The van der Waals surface area contributed by atoms with Crippen molar-refractivity contribution in [3.05, 3.63) is 396 Å². The molecule has 18 rings (SSSR count). The Morgan fingerprint density at radius 3 is 0.925 bits per heavy atom. The number of halogens is 2. The minimum Gasteiger partial charge on any atom is -0.493 e. The average molecular weight is 1390 g/mol. The van der Waals surface area contributed by atoms with Crippen molar-refractivity contribution in [1.82, 2.24) is 0 Å². The molecular weight excluding hydrogens is 1310 g/mol. The summed E-state index contributed by atoms with van der Waals surface area (Å²) in [6.45, 7) is 8.42. The van der Waals surface area contributed by atoms with Crippen LogP contribution in [-0.2, 0) is 20.3 Å². The van der Waals surface area contributed by atoms with Crippen LogP contribution in [0.5, 0.6) is 11.5 Å². The number of hydrogen-bond donors (Lipinski definition) is 0. The molecular formula is C98H78F2N2O4. The van der Waals surface area contributed by atoms with Crippen LogP contribution in [0.2, 0.25) is 0 Å². The molecule has 2 unspecified atom stereocenters. The smallest absolute Gasteiger partial charge is 0.125 e. The second kappa shape index (κ2) is 27.3. The molecule has 14 aromatic carbocycles. The summed E-state index contributed by atoms with van der Waals surface area (Å²) in [5.74, 6) is 0.962. The van der Waals surface area contributed by atoms with Gasteiger partial charge in [0.2, 0.25) is 0 Å². The molecule has 2 saturated heterocycles. The highest BCUT2D eigenvalue weighted by molar-refractivity contribution is 5.94. The lowest BCUT2D eigenvalue weighted by Crippen LogP contribution is -2.46. The first-order valence-corrected chi connectivity index (χ1v) is 36.9. The monoisotopic (exact) mass is 1380 g/mol. The summed E-state index contributed by atoms with van der Waals surface area (Å²) in [7, 11) is 0. The molecule has 2 aliphatic heterocycles. The Morgan fingerprint density at radius 2 is 0.585 bits per heavy atom. The molecule has 2 fully saturated rings. The molecule has 8 heteroatoms. The highest BCUT2D eigenvalue weighted by Crippen LogP contribution is 2.61. The molecule has 518 valence electrons. The number of rotatable bonds is 21. The molecule has 0 radical (unpaired) electrons. The number of anilines is 6. The van der Waals surface area contributed by atoms with E-state index in [2.05, 4.69) is 315 Å². The number of nitrogens with zero attached hydrogens (tertiary/aromatic N) is 2. The third-order valence-corrected chi connectivity index (χ3v) is 22.9. The zero-order valence-corrected chi connectivity index (χ0v) is 59.3. The lowest BCUT2D eigenvalue weighted by molar-refractivity contribution is -0.133. The summed E-state index contributed by atoms with van der Waals surface area (Å²) in [5.41, 5.74) is 23.4. The topological polar surface area (TPSA) is 43.4 Å². The first-order valence-electron chi connectivity index (χ1n) is 36.9. The molecule has 0 bridgehead atoms. The molecule has 106 heavy (non-hydrogen) atoms. The largest absolute Gasteiger partial charge is 0.493 e. The molecule has 2 atom stereocenters. The van der Waals surface area contributed by atoms with Crippen LogP contribution in [0.1, 0.15) is 71.2 Å². The van der Waals surface area contributed by atoms with Crippen LogP contribution < -0.4 is 19.3 Å². The van der Waals surface area contributed by atoms with E-state index < -0.39 is 10.8 Å². The van der Waals surface area contributed by atoms with Crippen LogP contribution in [0.25, 0.3) is 55.6 Å². The molecule has 2 heterocycles. The van der Waals surface area contributed by atoms with Crippen molar-refractivity contribution in [2.45, 2.75) is 37.5 Å². The van der Waals surface area contributed by atoms with E-state index >= 15 is 8.78 Å². The van der Waals surface area contributed by atoms with E-state index in [1.807, 2.05) is 12.1 Å². The molecule has 14 aromatic rings. The molecule has 0 aromatic heterocycles. The quantitative estimate of drug-likeness (QED) is 0.0714. The van der Waals surface area contributed by atoms with Gasteiger partial charge in [-0.1, -0.05) is 232 Å². The Hall–Kier alpha value is -11.9. The van der Waals surface area contributed by atoms with Gasteiger partial charge in [-0.3, -0.25) is 0 Å². The van der Waals surface area contributed by atoms with Crippen LogP contribution in [-0.4, -0.2) is 39.6 Å². The van der Waals surface area contributed by atoms with Gasteiger partial charge < -0.3 is 28.7 Å². The Balaban J connectivity index is 0.722. The van der Waals surface area contributed by atoms with Crippen LogP contribution in [0.4, 0.5) is 42.9 Å². The summed E-state index contributed by atoms with van der Waals surface area (Å²) in [4.78, 5) is 4.32. The first-order chi connectivity index (χ1) is 52.1. The summed E-state index contributed by atoms with van der Waals surface area (Å²) in [5, 5.41) is 0. The predicted molar refractivity (Wildman–Crippen MR) is 425 cm³/mol. The summed E-state index contributed by atoms with van der Waals surface area (Å²) < 4.78 is 56.2. The van der Waals surface area contributed by atoms with Crippen LogP contribution in [0.3, 0.4) is 0 Å². The van der Waals surface area contributed by atoms with Crippen LogP contribution in [0, 0.1) is 22.5 Å². The minimum atomic E-state index is -0.787. The highest BCUT2D eigenvalue weighted by Gasteiger charge is 2.49. The standard InChI is InChI=1S/C98H78F2N2O4/c1-3-95(61-103-62-95)65-105-85-47-37-75(38-48-85)97(73-23-13-7-14-24-73)91-55-71(67-19-9-5-10-20-67)35-51-87(91)89-53-45-83(59-93(89)97)101(81-29-17-27-77(99)57-81)79-41-31-69(32-42-79)70-33-43-80(44-34-70)102(82-30-18-28-78(100)58-82)84-46-54-90-88-52-36-72(68-21-11-6-12-22-68)56-92(88)98(94(90)60-84,74-25-15-8-16-26-74)76-39-49-86(50-40-76)106-66-96(4-2)63-104-64-96/h5-60H,3-4,61-66H2,1-2H3. The summed E-state index contributed by atoms with van der Waals surface area (Å²) >= 11 is 0. The Kier molecular flexibility index (Phi) is 17.0. The fourth-order valence-electron chi connectivity index (χ4n) is 16.8. The predicted octanol–water partition coefficient (Wildman–Crippen LogP) is 24.2. The second-order valence-corrected chi connectivity index (χ2v) is 29.0. The number of ether oxygens (including phenoxy) is 4. The highest BCUT2D eigenvalue weighted by atomic mass is 19.1. The van der Waals surface area contributed by atoms with Gasteiger partial charge in [0.1, 0.15) is 23.1 Å². The lowest BCUT2D eigenvalue weighted by Gasteiger charge is -2.40. The van der Waals surface area contributed by atoms with Gasteiger partial charge >= 0.3 is 0 Å². The van der Waals surface area contributed by atoms with Crippen molar-refractivity contribution < 1.29 is 27.7 Å². The first kappa shape index (κ1) is 66.0. The van der Waals surface area contributed by atoms with Crippen molar-refractivity contribution in [3.63, 3.8) is 0 Å². The van der Waals surface area contributed by atoms with E-state index in [0.717, 1.165) is 136 Å². The van der Waals surface area contributed by atoms with E-state index in [1.54, 1.807) is 24.3 Å². The zero-order valence-electron chi connectivity index (χ0n) is 59.3. The maximum absolute atomic E-state index is 15.9. The van der Waals surface area contributed by atoms with Crippen molar-refractivity contribution in [1.29, 1.82) is 0 Å². The van der Waals surface area contributed by atoms with Gasteiger partial charge in [0.25, 0.3) is 0 Å². The van der Waals surface area contributed by atoms with Gasteiger partial charge in [0, 0.05) is 34.1 Å². The van der Waals surface area contributed by atoms with Crippen molar-refractivity contribution in [2.75, 3.05) is 49.4 Å². The fraction of sp³-hybridized carbons (Fsp3) is 0.143. The van der Waals surface area contributed by atoms with Gasteiger partial charge in [-0.2, -0.15) is 0 Å². The van der Waals surface area contributed by atoms with Crippen molar-refractivity contribution in [2.24, 2.45) is 10.8 Å². The Morgan fingerprint density at radius 1 is 0.283 bits per heavy atom. The van der Waals surface area contributed by atoms with E-state index in [0.29, 0.717) is 51.0 Å². The third kappa shape index (κ3) is 11.5. The van der Waals surface area contributed by atoms with E-state index in [-0.39, 0.29) is 22.5 Å². The van der Waals surface area contributed by atoms with Crippen LogP contribution >= 0.6 is 0 Å². The van der Waals surface area contributed by atoms with E-state index in [1.165, 1.54) is 23.3 Å². The van der Waals surface area contributed by atoms with Gasteiger partial charge in [-0.25, -0.2) is 8.78 Å². The third-order valence-electron chi connectivity index (χ3n) is 22.9. The minimum absolute atomic E-state index is 0.0255. The normalized spacial score (nSPS) is 16.8. The van der Waals surface area contributed by atoms with E-state index in [9.17, 15) is 0 Å². The van der Waals surface area contributed by atoms with Gasteiger partial charge in [0.05, 0.1) is 61.3 Å². The van der Waals surface area contributed by atoms with Crippen molar-refractivity contribution >= 4 is 34.1 Å². The van der Waals surface area contributed by atoms with E-state index in [4.69, 9.17) is 18.9 Å². The van der Waals surface area contributed by atoms with Gasteiger partial charge in [-0.05, 0) is 234 Å². The summed E-state index contributed by atoms with van der Waals surface area (Å²) in [6.07, 6.45) is 1.98. The molecule has 0 amide bonds. The van der Waals surface area contributed by atoms with Crippen LogP contribution in [0.15, 0.2) is 340 Å². The molecule has 0 N–H and O–H groups in total. The zero-order chi connectivity index (χ0) is 71.4. The fourth-order valence-corrected chi connectivity index (χ4v) is 16.8. The van der Waals surface area contributed by atoms with Gasteiger partial charge in [-0.15, -0.1) is 0 Å². The lowest BCUT2D eigenvalue weighted by atomic mass is 9.67. The molecule has 2 aliphatic carbocycles. The Bertz CT molecular complexity index is 5180. The maximum Gasteiger partial charge on any atom is 0.125 e.